The van der Waals surface area contributed by atoms with Gasteiger partial charge in [0.15, 0.2) is 0 Å². The van der Waals surface area contributed by atoms with Crippen molar-refractivity contribution >= 4 is 38.6 Å². The highest BCUT2D eigenvalue weighted by molar-refractivity contribution is 7.91. The number of piperidine rings is 1. The van der Waals surface area contributed by atoms with Gasteiger partial charge in [-0.25, -0.2) is 17.4 Å². The Labute approximate surface area is 258 Å². The maximum Gasteiger partial charge on any atom is 0.252 e. The molecule has 0 bridgehead atoms. The summed E-state index contributed by atoms with van der Waals surface area (Å²) in [6.45, 7) is 12.7. The SMILES string of the molecule is C=CCC1(S(=O)(=O)n2cc(C)c3c(C(=O)NCC4C(=O)NC(C)CC4C)cc(-c4ccc(N5CCOCC5)nc4)cc32)CC1. The van der Waals surface area contributed by atoms with Crippen LogP contribution in [0.15, 0.2) is 49.3 Å². The molecule has 0 spiro atoms. The van der Waals surface area contributed by atoms with E-state index in [9.17, 15) is 18.0 Å². The average molecular weight is 620 g/mol. The topological polar surface area (TPSA) is 123 Å². The number of pyridine rings is 1. The molecule has 1 saturated carbocycles. The Balaban J connectivity index is 1.41. The van der Waals surface area contributed by atoms with E-state index in [0.717, 1.165) is 30.9 Å². The molecule has 3 atom stereocenters. The van der Waals surface area contributed by atoms with E-state index in [4.69, 9.17) is 9.72 Å². The molecule has 1 aromatic carbocycles. The molecule has 2 aromatic heterocycles. The largest absolute Gasteiger partial charge is 0.378 e. The second-order valence-corrected chi connectivity index (χ2v) is 14.9. The summed E-state index contributed by atoms with van der Waals surface area (Å²) in [5, 5.41) is 6.57. The number of hydrogen-bond acceptors (Lipinski definition) is 7. The van der Waals surface area contributed by atoms with E-state index in [1.54, 1.807) is 24.5 Å². The summed E-state index contributed by atoms with van der Waals surface area (Å²) in [6.07, 6.45) is 7.40. The number of benzene rings is 1. The van der Waals surface area contributed by atoms with Crippen LogP contribution >= 0.6 is 0 Å². The number of amides is 2. The quantitative estimate of drug-likeness (QED) is 0.347. The first-order chi connectivity index (χ1) is 21.0. The standard InChI is InChI=1S/C33H41N5O5S/c1-5-8-33(9-10-33)44(41,42)38-20-22(3)30-26(31(39)35-19-27-21(2)15-23(4)36-32(27)40)16-25(17-28(30)38)24-6-7-29(34-18-24)37-11-13-43-14-12-37/h5-7,16-18,20-21,23,27H,1,8-15,19H2,2-4H3,(H,35,39)(H,36,40). The van der Waals surface area contributed by atoms with Gasteiger partial charge in [0, 0.05) is 54.6 Å². The van der Waals surface area contributed by atoms with Gasteiger partial charge < -0.3 is 20.3 Å². The Bertz CT molecular complexity index is 1700. The first-order valence-electron chi connectivity index (χ1n) is 15.4. The van der Waals surface area contributed by atoms with Crippen molar-refractivity contribution in [1.29, 1.82) is 0 Å². The normalized spacial score (nSPS) is 23.3. The Morgan fingerprint density at radius 2 is 1.95 bits per heavy atom. The number of aromatic nitrogens is 2. The first-order valence-corrected chi connectivity index (χ1v) is 16.9. The van der Waals surface area contributed by atoms with Gasteiger partial charge in [-0.05, 0) is 80.8 Å². The lowest BCUT2D eigenvalue weighted by Crippen LogP contribution is -2.50. The lowest BCUT2D eigenvalue weighted by molar-refractivity contribution is -0.129. The summed E-state index contributed by atoms with van der Waals surface area (Å²) in [4.78, 5) is 33.5. The van der Waals surface area contributed by atoms with Crippen molar-refractivity contribution in [3.63, 3.8) is 0 Å². The van der Waals surface area contributed by atoms with Gasteiger partial charge in [-0.1, -0.05) is 13.0 Å². The van der Waals surface area contributed by atoms with Crippen molar-refractivity contribution in [2.75, 3.05) is 37.7 Å². The van der Waals surface area contributed by atoms with Crippen LogP contribution in [0.5, 0.6) is 0 Å². The number of nitrogens with one attached hydrogen (secondary N) is 2. The van der Waals surface area contributed by atoms with E-state index in [1.807, 2.05) is 39.0 Å². The molecule has 2 aliphatic heterocycles. The number of fused-ring (bicyclic) bond motifs is 1. The molecule has 3 aliphatic rings. The lowest BCUT2D eigenvalue weighted by atomic mass is 9.84. The van der Waals surface area contributed by atoms with Gasteiger partial charge in [-0.15, -0.1) is 6.58 Å². The number of aryl methyl sites for hydroxylation is 1. The second kappa shape index (κ2) is 11.7. The van der Waals surface area contributed by atoms with Crippen LogP contribution in [0.1, 0.15) is 55.5 Å². The minimum atomic E-state index is -3.78. The van der Waals surface area contributed by atoms with E-state index in [0.29, 0.717) is 60.1 Å². The lowest BCUT2D eigenvalue weighted by Gasteiger charge is -2.32. The molecule has 3 unspecified atom stereocenters. The van der Waals surface area contributed by atoms with Crippen LogP contribution in [0.3, 0.4) is 0 Å². The fourth-order valence-corrected chi connectivity index (χ4v) is 8.83. The molecular weight excluding hydrogens is 578 g/mol. The number of hydrogen-bond donors (Lipinski definition) is 2. The summed E-state index contributed by atoms with van der Waals surface area (Å²) in [6, 6.07) is 7.63. The molecular formula is C33H41N5O5S. The molecule has 3 fully saturated rings. The van der Waals surface area contributed by atoms with Gasteiger partial charge in [0.2, 0.25) is 15.9 Å². The summed E-state index contributed by atoms with van der Waals surface area (Å²) in [7, 11) is -3.78. The summed E-state index contributed by atoms with van der Waals surface area (Å²) in [5.41, 5.74) is 2.96. The zero-order chi connectivity index (χ0) is 31.2. The van der Waals surface area contributed by atoms with E-state index >= 15 is 0 Å². The zero-order valence-electron chi connectivity index (χ0n) is 25.6. The Hall–Kier alpha value is -3.70. The van der Waals surface area contributed by atoms with Crippen molar-refractivity contribution in [2.24, 2.45) is 11.8 Å². The van der Waals surface area contributed by atoms with Gasteiger partial charge in [0.1, 0.15) is 5.82 Å². The third-order valence-corrected chi connectivity index (χ3v) is 12.0. The molecule has 44 heavy (non-hydrogen) atoms. The number of allylic oxidation sites excluding steroid dienone is 1. The molecule has 6 rings (SSSR count). The molecule has 10 nitrogen and oxygen atoms in total. The Kier molecular flexibility index (Phi) is 8.04. The van der Waals surface area contributed by atoms with Crippen molar-refractivity contribution in [3.05, 3.63) is 60.4 Å². The van der Waals surface area contributed by atoms with E-state index in [-0.39, 0.29) is 36.2 Å². The van der Waals surface area contributed by atoms with Crippen LogP contribution < -0.4 is 15.5 Å². The van der Waals surface area contributed by atoms with Crippen LogP contribution in [-0.2, 0) is 19.6 Å². The molecule has 3 aromatic rings. The molecule has 11 heteroatoms. The highest BCUT2D eigenvalue weighted by Gasteiger charge is 2.54. The number of carbonyl (C=O) groups is 2. The third kappa shape index (κ3) is 5.40. The molecule has 2 N–H and O–H groups in total. The van der Waals surface area contributed by atoms with Gasteiger partial charge in [-0.2, -0.15) is 0 Å². The fraction of sp³-hybridized carbons (Fsp3) is 0.485. The number of morpholine rings is 1. The van der Waals surface area contributed by atoms with Gasteiger partial charge in [0.25, 0.3) is 5.91 Å². The van der Waals surface area contributed by atoms with Gasteiger partial charge >= 0.3 is 0 Å². The van der Waals surface area contributed by atoms with E-state index in [2.05, 4.69) is 22.1 Å². The van der Waals surface area contributed by atoms with Crippen LogP contribution in [0.2, 0.25) is 0 Å². The number of nitrogens with zero attached hydrogens (tertiary/aromatic N) is 3. The van der Waals surface area contributed by atoms with Crippen molar-refractivity contribution in [2.45, 2.75) is 57.2 Å². The highest BCUT2D eigenvalue weighted by atomic mass is 32.2. The maximum absolute atomic E-state index is 14.1. The first kappa shape index (κ1) is 30.3. The molecule has 4 heterocycles. The van der Waals surface area contributed by atoms with Crippen LogP contribution in [-0.4, -0.2) is 72.8 Å². The maximum atomic E-state index is 14.1. The second-order valence-electron chi connectivity index (χ2n) is 12.7. The molecule has 0 radical (unpaired) electrons. The molecule has 1 aliphatic carbocycles. The third-order valence-electron chi connectivity index (χ3n) is 9.47. The predicted octanol–water partition coefficient (Wildman–Crippen LogP) is 4.03. The highest BCUT2D eigenvalue weighted by Crippen LogP contribution is 2.49. The summed E-state index contributed by atoms with van der Waals surface area (Å²) in [5.74, 6) is 0.206. The van der Waals surface area contributed by atoms with Crippen molar-refractivity contribution in [1.82, 2.24) is 19.6 Å². The van der Waals surface area contributed by atoms with Crippen LogP contribution in [0.4, 0.5) is 5.82 Å². The zero-order valence-corrected chi connectivity index (χ0v) is 26.5. The Morgan fingerprint density at radius 1 is 1.20 bits per heavy atom. The fourth-order valence-electron chi connectivity index (χ4n) is 6.77. The number of rotatable bonds is 9. The van der Waals surface area contributed by atoms with Crippen molar-refractivity contribution < 1.29 is 22.7 Å². The van der Waals surface area contributed by atoms with Crippen LogP contribution in [0.25, 0.3) is 22.0 Å². The Morgan fingerprint density at radius 3 is 2.59 bits per heavy atom. The van der Waals surface area contributed by atoms with E-state index in [1.165, 1.54) is 3.97 Å². The molecule has 2 amide bonds. The van der Waals surface area contributed by atoms with E-state index < -0.39 is 14.8 Å². The van der Waals surface area contributed by atoms with Gasteiger partial charge in [0.05, 0.1) is 29.4 Å². The monoisotopic (exact) mass is 619 g/mol. The number of ether oxygens (including phenoxy) is 1. The predicted molar refractivity (Wildman–Crippen MR) is 171 cm³/mol. The number of carbonyl (C=O) groups excluding carboxylic acids is 2. The summed E-state index contributed by atoms with van der Waals surface area (Å²) < 4.78 is 34.1. The summed E-state index contributed by atoms with van der Waals surface area (Å²) >= 11 is 0. The molecule has 234 valence electrons. The van der Waals surface area contributed by atoms with Gasteiger partial charge in [-0.3, -0.25) is 9.59 Å². The van der Waals surface area contributed by atoms with Crippen LogP contribution in [0, 0.1) is 18.8 Å². The van der Waals surface area contributed by atoms with Crippen molar-refractivity contribution in [3.8, 4) is 11.1 Å². The average Bonchev–Trinajstić information content (AvgIpc) is 3.73. The smallest absolute Gasteiger partial charge is 0.252 e. The number of anilines is 1. The minimum absolute atomic E-state index is 0.0627. The molecule has 2 saturated heterocycles. The minimum Gasteiger partial charge on any atom is -0.378 e.